The molecule has 2 rings (SSSR count). The Morgan fingerprint density at radius 3 is 3.25 bits per heavy atom. The lowest BCUT2D eigenvalue weighted by Gasteiger charge is -2.25. The van der Waals surface area contributed by atoms with Crippen molar-refractivity contribution in [3.63, 3.8) is 0 Å². The van der Waals surface area contributed by atoms with Gasteiger partial charge >= 0.3 is 0 Å². The third-order valence-corrected chi connectivity index (χ3v) is 2.24. The summed E-state index contributed by atoms with van der Waals surface area (Å²) in [6.45, 7) is 2.40. The van der Waals surface area contributed by atoms with E-state index in [1.165, 1.54) is 0 Å². The number of fused-ring (bicyclic) bond motifs is 1. The van der Waals surface area contributed by atoms with Crippen LogP contribution in [-0.2, 0) is 0 Å². The van der Waals surface area contributed by atoms with Gasteiger partial charge in [-0.05, 0) is 18.6 Å². The van der Waals surface area contributed by atoms with E-state index >= 15 is 0 Å². The standard InChI is InChI=1S/C9H11FN2/c1-6-7-3-2-4-11-9(7)8(10)5-12-6/h2-4,6,8,12H,5H2,1H3. The van der Waals surface area contributed by atoms with Gasteiger partial charge in [0, 0.05) is 18.8 Å². The van der Waals surface area contributed by atoms with Crippen LogP contribution in [0.15, 0.2) is 18.3 Å². The summed E-state index contributed by atoms with van der Waals surface area (Å²) in [7, 11) is 0. The van der Waals surface area contributed by atoms with E-state index < -0.39 is 6.17 Å². The van der Waals surface area contributed by atoms with E-state index in [9.17, 15) is 4.39 Å². The van der Waals surface area contributed by atoms with Gasteiger partial charge in [-0.25, -0.2) is 4.39 Å². The van der Waals surface area contributed by atoms with Gasteiger partial charge in [-0.2, -0.15) is 0 Å². The predicted molar refractivity (Wildman–Crippen MR) is 44.5 cm³/mol. The van der Waals surface area contributed by atoms with Crippen molar-refractivity contribution < 1.29 is 4.39 Å². The maximum absolute atomic E-state index is 13.2. The van der Waals surface area contributed by atoms with Crippen LogP contribution in [0.2, 0.25) is 0 Å². The first-order chi connectivity index (χ1) is 5.79. The second-order valence-corrected chi connectivity index (χ2v) is 3.08. The highest BCUT2D eigenvalue weighted by atomic mass is 19.1. The summed E-state index contributed by atoms with van der Waals surface area (Å²) in [5, 5.41) is 3.07. The summed E-state index contributed by atoms with van der Waals surface area (Å²) in [5.41, 5.74) is 1.58. The fourth-order valence-electron chi connectivity index (χ4n) is 1.54. The lowest BCUT2D eigenvalue weighted by atomic mass is 9.99. The highest BCUT2D eigenvalue weighted by molar-refractivity contribution is 5.27. The molecule has 64 valence electrons. The maximum atomic E-state index is 13.2. The topological polar surface area (TPSA) is 24.9 Å². The van der Waals surface area contributed by atoms with E-state index in [0.29, 0.717) is 12.2 Å². The fraction of sp³-hybridized carbons (Fsp3) is 0.444. The second kappa shape index (κ2) is 2.83. The van der Waals surface area contributed by atoms with E-state index in [4.69, 9.17) is 0 Å². The average Bonchev–Trinajstić information content (AvgIpc) is 2.12. The Bertz CT molecular complexity index is 259. The average molecular weight is 166 g/mol. The van der Waals surface area contributed by atoms with Gasteiger partial charge in [0.25, 0.3) is 0 Å². The third-order valence-electron chi connectivity index (χ3n) is 2.24. The SMILES string of the molecule is CC1NCC(F)c2ncccc21. The summed E-state index contributed by atoms with van der Waals surface area (Å²) in [5.74, 6) is 0. The number of halogens is 1. The molecule has 0 aromatic carbocycles. The van der Waals surface area contributed by atoms with Crippen LogP contribution in [0, 0.1) is 0 Å². The monoisotopic (exact) mass is 166 g/mol. The Kier molecular flexibility index (Phi) is 1.81. The van der Waals surface area contributed by atoms with Crippen molar-refractivity contribution in [2.45, 2.75) is 19.1 Å². The second-order valence-electron chi connectivity index (χ2n) is 3.08. The zero-order valence-corrected chi connectivity index (χ0v) is 6.92. The number of nitrogens with one attached hydrogen (secondary N) is 1. The number of hydrogen-bond acceptors (Lipinski definition) is 2. The van der Waals surface area contributed by atoms with Crippen molar-refractivity contribution in [3.8, 4) is 0 Å². The van der Waals surface area contributed by atoms with Crippen LogP contribution < -0.4 is 5.32 Å². The van der Waals surface area contributed by atoms with Crippen molar-refractivity contribution in [1.82, 2.24) is 10.3 Å². The van der Waals surface area contributed by atoms with Crippen LogP contribution in [0.3, 0.4) is 0 Å². The summed E-state index contributed by atoms with van der Waals surface area (Å²) in [6.07, 6.45) is 0.695. The van der Waals surface area contributed by atoms with Gasteiger partial charge in [-0.3, -0.25) is 4.98 Å². The number of aromatic nitrogens is 1. The fourth-order valence-corrected chi connectivity index (χ4v) is 1.54. The van der Waals surface area contributed by atoms with E-state index in [1.54, 1.807) is 6.20 Å². The maximum Gasteiger partial charge on any atom is 0.155 e. The molecule has 0 saturated carbocycles. The van der Waals surface area contributed by atoms with Gasteiger partial charge in [0.2, 0.25) is 0 Å². The first kappa shape index (κ1) is 7.68. The Balaban J connectivity index is 2.47. The molecule has 2 atom stereocenters. The lowest BCUT2D eigenvalue weighted by Crippen LogP contribution is -2.30. The van der Waals surface area contributed by atoms with Crippen molar-refractivity contribution in [2.75, 3.05) is 6.54 Å². The molecular weight excluding hydrogens is 155 g/mol. The molecule has 0 fully saturated rings. The number of nitrogens with zero attached hydrogens (tertiary/aromatic N) is 1. The van der Waals surface area contributed by atoms with Crippen LogP contribution in [0.4, 0.5) is 4.39 Å². The van der Waals surface area contributed by atoms with Gasteiger partial charge in [-0.1, -0.05) is 6.07 Å². The molecule has 0 saturated heterocycles. The number of pyridine rings is 1. The number of hydrogen-bond donors (Lipinski definition) is 1. The molecule has 0 spiro atoms. The number of rotatable bonds is 0. The van der Waals surface area contributed by atoms with Crippen molar-refractivity contribution >= 4 is 0 Å². The molecule has 1 aliphatic rings. The molecule has 0 bridgehead atoms. The van der Waals surface area contributed by atoms with Gasteiger partial charge < -0.3 is 5.32 Å². The highest BCUT2D eigenvalue weighted by Gasteiger charge is 2.24. The van der Waals surface area contributed by atoms with Crippen molar-refractivity contribution in [3.05, 3.63) is 29.6 Å². The van der Waals surface area contributed by atoms with Gasteiger partial charge in [-0.15, -0.1) is 0 Å². The molecule has 1 N–H and O–H groups in total. The first-order valence-corrected chi connectivity index (χ1v) is 4.11. The highest BCUT2D eigenvalue weighted by Crippen LogP contribution is 2.28. The van der Waals surface area contributed by atoms with Gasteiger partial charge in [0.15, 0.2) is 6.17 Å². The Labute approximate surface area is 70.8 Å². The molecule has 1 aliphatic heterocycles. The van der Waals surface area contributed by atoms with Gasteiger partial charge in [0.05, 0.1) is 5.69 Å². The van der Waals surface area contributed by atoms with Crippen molar-refractivity contribution in [1.29, 1.82) is 0 Å². The molecule has 2 unspecified atom stereocenters. The smallest absolute Gasteiger partial charge is 0.155 e. The molecule has 1 aromatic rings. The zero-order valence-electron chi connectivity index (χ0n) is 6.92. The molecule has 0 amide bonds. The van der Waals surface area contributed by atoms with Crippen molar-refractivity contribution in [2.24, 2.45) is 0 Å². The van der Waals surface area contributed by atoms with Gasteiger partial charge in [0.1, 0.15) is 0 Å². The predicted octanol–water partition coefficient (Wildman–Crippen LogP) is 1.76. The molecule has 2 heterocycles. The largest absolute Gasteiger partial charge is 0.307 e. The minimum atomic E-state index is -0.947. The van der Waals surface area contributed by atoms with Crippen LogP contribution in [0.5, 0.6) is 0 Å². The minimum Gasteiger partial charge on any atom is -0.307 e. The van der Waals surface area contributed by atoms with Crippen LogP contribution in [0.25, 0.3) is 0 Å². The van der Waals surface area contributed by atoms with E-state index in [1.807, 2.05) is 19.1 Å². The summed E-state index contributed by atoms with van der Waals surface area (Å²) in [4.78, 5) is 4.04. The first-order valence-electron chi connectivity index (χ1n) is 4.11. The molecule has 0 aliphatic carbocycles. The third kappa shape index (κ3) is 1.10. The zero-order chi connectivity index (χ0) is 8.55. The summed E-state index contributed by atoms with van der Waals surface area (Å²) in [6, 6.07) is 3.99. The molecule has 0 radical (unpaired) electrons. The molecule has 2 nitrogen and oxygen atoms in total. The molecule has 1 aromatic heterocycles. The summed E-state index contributed by atoms with van der Waals surface area (Å²) >= 11 is 0. The normalized spacial score (nSPS) is 28.2. The minimum absolute atomic E-state index is 0.223. The quantitative estimate of drug-likeness (QED) is 0.635. The summed E-state index contributed by atoms with van der Waals surface area (Å²) < 4.78 is 13.2. The van der Waals surface area contributed by atoms with E-state index in [2.05, 4.69) is 10.3 Å². The Morgan fingerprint density at radius 2 is 2.50 bits per heavy atom. The Hall–Kier alpha value is -0.960. The van der Waals surface area contributed by atoms with Crippen LogP contribution in [-0.4, -0.2) is 11.5 Å². The molecular formula is C9H11FN2. The van der Waals surface area contributed by atoms with Crippen LogP contribution >= 0.6 is 0 Å². The van der Waals surface area contributed by atoms with E-state index in [-0.39, 0.29) is 6.04 Å². The molecule has 3 heteroatoms. The molecule has 12 heavy (non-hydrogen) atoms. The number of alkyl halides is 1. The lowest BCUT2D eigenvalue weighted by molar-refractivity contribution is 0.287. The Morgan fingerprint density at radius 1 is 1.67 bits per heavy atom. The van der Waals surface area contributed by atoms with E-state index in [0.717, 1.165) is 5.56 Å². The van der Waals surface area contributed by atoms with Crippen LogP contribution in [0.1, 0.15) is 30.4 Å².